The number of fused-ring (bicyclic) bond motifs is 3. The van der Waals surface area contributed by atoms with Crippen molar-refractivity contribution in [2.24, 2.45) is 0 Å². The van der Waals surface area contributed by atoms with Gasteiger partial charge in [0.15, 0.2) is 11.5 Å². The SMILES string of the molecule is COc1cc(C=C2c3cc(Cl)ccc3-c3c(Cl)cc(Cl)cc32)cc(OC)c1OC. The third-order valence-corrected chi connectivity index (χ3v) is 5.64. The fourth-order valence-electron chi connectivity index (χ4n) is 3.67. The molecule has 0 saturated heterocycles. The van der Waals surface area contributed by atoms with Gasteiger partial charge in [0.05, 0.1) is 26.4 Å². The fourth-order valence-corrected chi connectivity index (χ4v) is 4.44. The number of methoxy groups -OCH3 is 3. The van der Waals surface area contributed by atoms with Crippen molar-refractivity contribution < 1.29 is 14.2 Å². The number of rotatable bonds is 4. The Morgan fingerprint density at radius 3 is 1.97 bits per heavy atom. The normalized spacial score (nSPS) is 13.2. The smallest absolute Gasteiger partial charge is 0.203 e. The molecule has 29 heavy (non-hydrogen) atoms. The molecule has 0 spiro atoms. The summed E-state index contributed by atoms with van der Waals surface area (Å²) in [5.74, 6) is 1.69. The van der Waals surface area contributed by atoms with E-state index in [9.17, 15) is 0 Å². The largest absolute Gasteiger partial charge is 0.493 e. The quantitative estimate of drug-likeness (QED) is 0.330. The molecule has 3 aromatic rings. The van der Waals surface area contributed by atoms with Gasteiger partial charge < -0.3 is 14.2 Å². The lowest BCUT2D eigenvalue weighted by Crippen LogP contribution is -1.95. The van der Waals surface area contributed by atoms with Gasteiger partial charge in [-0.25, -0.2) is 0 Å². The minimum Gasteiger partial charge on any atom is -0.493 e. The Labute approximate surface area is 184 Å². The lowest BCUT2D eigenvalue weighted by atomic mass is 10.0. The number of benzene rings is 3. The Morgan fingerprint density at radius 1 is 0.690 bits per heavy atom. The summed E-state index contributed by atoms with van der Waals surface area (Å²) < 4.78 is 16.4. The van der Waals surface area contributed by atoms with E-state index in [2.05, 4.69) is 0 Å². The monoisotopic (exact) mass is 446 g/mol. The number of hydrogen-bond donors (Lipinski definition) is 0. The summed E-state index contributed by atoms with van der Waals surface area (Å²) >= 11 is 19.2. The van der Waals surface area contributed by atoms with E-state index in [0.717, 1.165) is 33.4 Å². The predicted molar refractivity (Wildman–Crippen MR) is 120 cm³/mol. The zero-order valence-electron chi connectivity index (χ0n) is 16.0. The van der Waals surface area contributed by atoms with Gasteiger partial charge in [0.25, 0.3) is 0 Å². The van der Waals surface area contributed by atoms with E-state index in [1.54, 1.807) is 27.4 Å². The maximum Gasteiger partial charge on any atom is 0.203 e. The van der Waals surface area contributed by atoms with E-state index in [4.69, 9.17) is 49.0 Å². The van der Waals surface area contributed by atoms with E-state index < -0.39 is 0 Å². The molecular formula is C23H17Cl3O3. The first-order valence-electron chi connectivity index (χ1n) is 8.78. The average Bonchev–Trinajstić information content (AvgIpc) is 3.00. The summed E-state index contributed by atoms with van der Waals surface area (Å²) in [5.41, 5.74) is 5.76. The molecule has 0 fully saturated rings. The highest BCUT2D eigenvalue weighted by atomic mass is 35.5. The maximum absolute atomic E-state index is 6.54. The van der Waals surface area contributed by atoms with Gasteiger partial charge >= 0.3 is 0 Å². The lowest BCUT2D eigenvalue weighted by Gasteiger charge is -2.13. The maximum atomic E-state index is 6.54. The second kappa shape index (κ2) is 7.83. The van der Waals surface area contributed by atoms with Crippen LogP contribution in [0.1, 0.15) is 16.7 Å². The van der Waals surface area contributed by atoms with Crippen molar-refractivity contribution in [3.8, 4) is 28.4 Å². The highest BCUT2D eigenvalue weighted by Gasteiger charge is 2.27. The topological polar surface area (TPSA) is 27.7 Å². The van der Waals surface area contributed by atoms with Crippen molar-refractivity contribution in [3.05, 3.63) is 74.2 Å². The molecule has 6 heteroatoms. The Kier molecular flexibility index (Phi) is 5.39. The molecule has 148 valence electrons. The van der Waals surface area contributed by atoms with Crippen LogP contribution in [0.4, 0.5) is 0 Å². The first-order valence-corrected chi connectivity index (χ1v) is 9.91. The molecule has 0 bridgehead atoms. The standard InChI is InChI=1S/C23H17Cl3O3/c1-27-20-7-12(8-21(28-2)23(20)29-3)6-16-17-9-13(24)4-5-15(17)22-18(16)10-14(25)11-19(22)26/h4-11H,1-3H3. The van der Waals surface area contributed by atoms with Gasteiger partial charge in [-0.1, -0.05) is 40.9 Å². The third kappa shape index (κ3) is 3.44. The predicted octanol–water partition coefficient (Wildman–Crippen LogP) is 7.24. The Bertz CT molecular complexity index is 1130. The van der Waals surface area contributed by atoms with Crippen LogP contribution >= 0.6 is 34.8 Å². The van der Waals surface area contributed by atoms with Crippen LogP contribution in [-0.4, -0.2) is 21.3 Å². The molecule has 0 amide bonds. The van der Waals surface area contributed by atoms with Gasteiger partial charge in [0.1, 0.15) is 0 Å². The molecule has 0 N–H and O–H groups in total. The number of ether oxygens (including phenoxy) is 3. The first-order chi connectivity index (χ1) is 14.0. The van der Waals surface area contributed by atoms with Gasteiger partial charge in [0, 0.05) is 15.6 Å². The van der Waals surface area contributed by atoms with Crippen molar-refractivity contribution >= 4 is 46.5 Å². The highest BCUT2D eigenvalue weighted by Crippen LogP contribution is 2.50. The molecule has 0 unspecified atom stereocenters. The van der Waals surface area contributed by atoms with Crippen molar-refractivity contribution in [2.75, 3.05) is 21.3 Å². The van der Waals surface area contributed by atoms with Crippen molar-refractivity contribution in [3.63, 3.8) is 0 Å². The second-order valence-electron chi connectivity index (χ2n) is 6.52. The number of hydrogen-bond acceptors (Lipinski definition) is 3. The summed E-state index contributed by atoms with van der Waals surface area (Å²) in [6.45, 7) is 0. The highest BCUT2D eigenvalue weighted by molar-refractivity contribution is 6.38. The summed E-state index contributed by atoms with van der Waals surface area (Å²) in [4.78, 5) is 0. The molecule has 1 aliphatic rings. The van der Waals surface area contributed by atoms with Crippen LogP contribution in [-0.2, 0) is 0 Å². The van der Waals surface area contributed by atoms with Crippen molar-refractivity contribution in [2.45, 2.75) is 0 Å². The average molecular weight is 448 g/mol. The number of halogens is 3. The fraction of sp³-hybridized carbons (Fsp3) is 0.130. The molecule has 0 aliphatic heterocycles. The molecule has 1 aliphatic carbocycles. The summed E-state index contributed by atoms with van der Waals surface area (Å²) in [6, 6.07) is 13.2. The Morgan fingerprint density at radius 2 is 1.34 bits per heavy atom. The van der Waals surface area contributed by atoms with Crippen molar-refractivity contribution in [1.29, 1.82) is 0 Å². The molecule has 0 radical (unpaired) electrons. The van der Waals surface area contributed by atoms with Crippen LogP contribution < -0.4 is 14.2 Å². The van der Waals surface area contributed by atoms with E-state index in [1.165, 1.54) is 0 Å². The van der Waals surface area contributed by atoms with Crippen LogP contribution in [0.15, 0.2) is 42.5 Å². The van der Waals surface area contributed by atoms with Gasteiger partial charge in [-0.05, 0) is 70.3 Å². The summed E-state index contributed by atoms with van der Waals surface area (Å²) in [5, 5.41) is 1.82. The molecule has 0 aromatic heterocycles. The minimum absolute atomic E-state index is 0.540. The summed E-state index contributed by atoms with van der Waals surface area (Å²) in [7, 11) is 4.76. The minimum atomic E-state index is 0.540. The molecule has 4 rings (SSSR count). The van der Waals surface area contributed by atoms with Crippen LogP contribution in [0.5, 0.6) is 17.2 Å². The van der Waals surface area contributed by atoms with Gasteiger partial charge in [-0.15, -0.1) is 0 Å². The molecule has 0 atom stereocenters. The first kappa shape index (κ1) is 20.0. The van der Waals surface area contributed by atoms with E-state index >= 15 is 0 Å². The van der Waals surface area contributed by atoms with Gasteiger partial charge in [0.2, 0.25) is 5.75 Å². The van der Waals surface area contributed by atoms with Crippen LogP contribution in [0.25, 0.3) is 22.8 Å². The van der Waals surface area contributed by atoms with Crippen molar-refractivity contribution in [1.82, 2.24) is 0 Å². The van der Waals surface area contributed by atoms with Crippen LogP contribution in [0.3, 0.4) is 0 Å². The zero-order valence-corrected chi connectivity index (χ0v) is 18.2. The molecule has 0 heterocycles. The van der Waals surface area contributed by atoms with Crippen LogP contribution in [0, 0.1) is 0 Å². The van der Waals surface area contributed by atoms with Gasteiger partial charge in [-0.3, -0.25) is 0 Å². The molecule has 0 saturated carbocycles. The molecular weight excluding hydrogens is 431 g/mol. The zero-order chi connectivity index (χ0) is 20.7. The van der Waals surface area contributed by atoms with Gasteiger partial charge in [-0.2, -0.15) is 0 Å². The Hall–Kier alpha value is -2.33. The molecule has 3 aromatic carbocycles. The second-order valence-corrected chi connectivity index (χ2v) is 7.80. The summed E-state index contributed by atoms with van der Waals surface area (Å²) in [6.07, 6.45) is 2.04. The van der Waals surface area contributed by atoms with E-state index in [0.29, 0.717) is 32.3 Å². The van der Waals surface area contributed by atoms with Crippen LogP contribution in [0.2, 0.25) is 15.1 Å². The Balaban J connectivity index is 1.99. The molecule has 3 nitrogen and oxygen atoms in total. The van der Waals surface area contributed by atoms with E-state index in [-0.39, 0.29) is 0 Å². The third-order valence-electron chi connectivity index (χ3n) is 4.88. The van der Waals surface area contributed by atoms with E-state index in [1.807, 2.05) is 42.5 Å². The lowest BCUT2D eigenvalue weighted by molar-refractivity contribution is 0.324.